The minimum atomic E-state index is -0.589. The van der Waals surface area contributed by atoms with E-state index in [2.05, 4.69) is 20.9 Å². The Morgan fingerprint density at radius 1 is 1.37 bits per heavy atom. The van der Waals surface area contributed by atoms with Crippen LogP contribution < -0.4 is 20.9 Å². The van der Waals surface area contributed by atoms with Crippen LogP contribution >= 0.6 is 12.2 Å². The van der Waals surface area contributed by atoms with Gasteiger partial charge in [-0.15, -0.1) is 0 Å². The van der Waals surface area contributed by atoms with E-state index in [0.29, 0.717) is 12.4 Å². The van der Waals surface area contributed by atoms with Crippen LogP contribution in [0, 0.1) is 6.92 Å². The molecule has 0 radical (unpaired) electrons. The van der Waals surface area contributed by atoms with E-state index in [0.717, 1.165) is 11.3 Å². The molecule has 1 rings (SSSR count). The molecule has 0 heterocycles. The quantitative estimate of drug-likeness (QED) is 0.582. The zero-order valence-electron chi connectivity index (χ0n) is 11.1. The maximum absolute atomic E-state index is 11.1. The summed E-state index contributed by atoms with van der Waals surface area (Å²) in [5.41, 5.74) is 6.64. The van der Waals surface area contributed by atoms with Crippen molar-refractivity contribution in [2.45, 2.75) is 13.8 Å². The Morgan fingerprint density at radius 3 is 2.74 bits per heavy atom. The summed E-state index contributed by atoms with van der Waals surface area (Å²) in [6.07, 6.45) is -0.589. The molecule has 0 saturated carbocycles. The lowest BCUT2D eigenvalue weighted by Crippen LogP contribution is -2.44. The Labute approximate surface area is 117 Å². The normalized spacial score (nSPS) is 9.42. The molecule has 104 valence electrons. The average molecular weight is 283 g/mol. The molecule has 0 unspecified atom stereocenters. The second-order valence-corrected chi connectivity index (χ2v) is 4.01. The van der Waals surface area contributed by atoms with Gasteiger partial charge in [0.25, 0.3) is 0 Å². The number of anilines is 1. The number of ether oxygens (including phenoxy) is 2. The van der Waals surface area contributed by atoms with E-state index in [1.165, 1.54) is 0 Å². The third-order valence-corrected chi connectivity index (χ3v) is 2.45. The molecule has 1 amide bonds. The van der Waals surface area contributed by atoms with Crippen LogP contribution in [0.5, 0.6) is 5.75 Å². The molecule has 0 fully saturated rings. The Hall–Kier alpha value is -2.02. The highest BCUT2D eigenvalue weighted by Crippen LogP contribution is 2.21. The van der Waals surface area contributed by atoms with Gasteiger partial charge in [-0.05, 0) is 37.7 Å². The van der Waals surface area contributed by atoms with E-state index in [1.807, 2.05) is 25.1 Å². The SMILES string of the molecule is CCOC(=O)NNC(=S)Nc1cc(OC)ccc1C. The molecular weight excluding hydrogens is 266 g/mol. The van der Waals surface area contributed by atoms with E-state index < -0.39 is 6.09 Å². The van der Waals surface area contributed by atoms with Crippen molar-refractivity contribution >= 4 is 29.1 Å². The van der Waals surface area contributed by atoms with E-state index in [9.17, 15) is 4.79 Å². The lowest BCUT2D eigenvalue weighted by Gasteiger charge is -2.13. The van der Waals surface area contributed by atoms with Crippen LogP contribution in [0.2, 0.25) is 0 Å². The molecular formula is C12H17N3O3S. The van der Waals surface area contributed by atoms with Crippen LogP contribution in [0.3, 0.4) is 0 Å². The molecule has 0 aliphatic rings. The molecule has 3 N–H and O–H groups in total. The number of carbonyl (C=O) groups excluding carboxylic acids is 1. The lowest BCUT2D eigenvalue weighted by atomic mass is 10.2. The summed E-state index contributed by atoms with van der Waals surface area (Å²) in [6, 6.07) is 5.57. The third kappa shape index (κ3) is 5.01. The maximum Gasteiger partial charge on any atom is 0.425 e. The molecule has 0 aromatic heterocycles. The van der Waals surface area contributed by atoms with Crippen LogP contribution in [0.4, 0.5) is 10.5 Å². The topological polar surface area (TPSA) is 71.6 Å². The number of aryl methyl sites for hydroxylation is 1. The molecule has 0 saturated heterocycles. The number of benzene rings is 1. The second kappa shape index (κ2) is 7.42. The van der Waals surface area contributed by atoms with Crippen molar-refractivity contribution < 1.29 is 14.3 Å². The highest BCUT2D eigenvalue weighted by atomic mass is 32.1. The van der Waals surface area contributed by atoms with Crippen LogP contribution in [0.25, 0.3) is 0 Å². The summed E-state index contributed by atoms with van der Waals surface area (Å²) in [5, 5.41) is 3.21. The number of thiocarbonyl (C=S) groups is 1. The molecule has 0 aliphatic carbocycles. The fraction of sp³-hybridized carbons (Fsp3) is 0.333. The van der Waals surface area contributed by atoms with Gasteiger partial charge in [0.1, 0.15) is 5.75 Å². The van der Waals surface area contributed by atoms with Crippen molar-refractivity contribution in [3.63, 3.8) is 0 Å². The largest absolute Gasteiger partial charge is 0.497 e. The summed E-state index contributed by atoms with van der Waals surface area (Å²) in [4.78, 5) is 11.1. The predicted molar refractivity (Wildman–Crippen MR) is 77.2 cm³/mol. The van der Waals surface area contributed by atoms with E-state index in [-0.39, 0.29) is 5.11 Å². The molecule has 0 spiro atoms. The molecule has 0 atom stereocenters. The molecule has 0 bridgehead atoms. The van der Waals surface area contributed by atoms with Crippen molar-refractivity contribution in [1.82, 2.24) is 10.9 Å². The second-order valence-electron chi connectivity index (χ2n) is 3.61. The smallest absolute Gasteiger partial charge is 0.425 e. The molecule has 7 heteroatoms. The van der Waals surface area contributed by atoms with E-state index in [4.69, 9.17) is 17.0 Å². The first kappa shape index (κ1) is 15.0. The van der Waals surface area contributed by atoms with Crippen LogP contribution in [0.15, 0.2) is 18.2 Å². The number of amides is 1. The summed E-state index contributed by atoms with van der Waals surface area (Å²) >= 11 is 5.04. The molecule has 19 heavy (non-hydrogen) atoms. The first-order valence-electron chi connectivity index (χ1n) is 5.71. The Balaban J connectivity index is 2.54. The van der Waals surface area contributed by atoms with Gasteiger partial charge in [0.2, 0.25) is 0 Å². The van der Waals surface area contributed by atoms with Gasteiger partial charge in [-0.1, -0.05) is 6.07 Å². The molecule has 1 aromatic carbocycles. The van der Waals surface area contributed by atoms with E-state index in [1.54, 1.807) is 14.0 Å². The number of hydrogen-bond donors (Lipinski definition) is 3. The van der Waals surface area contributed by atoms with Crippen LogP contribution in [0.1, 0.15) is 12.5 Å². The van der Waals surface area contributed by atoms with Gasteiger partial charge >= 0.3 is 6.09 Å². The Bertz CT molecular complexity index is 466. The van der Waals surface area contributed by atoms with Crippen LogP contribution in [-0.2, 0) is 4.74 Å². The first-order chi connectivity index (χ1) is 9.06. The zero-order chi connectivity index (χ0) is 14.3. The minimum absolute atomic E-state index is 0.254. The third-order valence-electron chi connectivity index (χ3n) is 2.25. The molecule has 1 aromatic rings. The molecule has 0 aliphatic heterocycles. The van der Waals surface area contributed by atoms with Crippen molar-refractivity contribution in [1.29, 1.82) is 0 Å². The number of rotatable bonds is 3. The van der Waals surface area contributed by atoms with Gasteiger partial charge in [-0.3, -0.25) is 5.43 Å². The number of nitrogens with one attached hydrogen (secondary N) is 3. The standard InChI is InChI=1S/C12H17N3O3S/c1-4-18-12(16)15-14-11(19)13-10-7-9(17-3)6-5-8(10)2/h5-7H,4H2,1-3H3,(H,15,16)(H2,13,14,19). The van der Waals surface area contributed by atoms with E-state index >= 15 is 0 Å². The number of methoxy groups -OCH3 is 1. The first-order valence-corrected chi connectivity index (χ1v) is 6.12. The van der Waals surface area contributed by atoms with Gasteiger partial charge < -0.3 is 14.8 Å². The highest BCUT2D eigenvalue weighted by molar-refractivity contribution is 7.80. The summed E-state index contributed by atoms with van der Waals surface area (Å²) in [7, 11) is 1.59. The fourth-order valence-corrected chi connectivity index (χ4v) is 1.45. The van der Waals surface area contributed by atoms with Crippen molar-refractivity contribution in [2.75, 3.05) is 19.0 Å². The number of hydrazine groups is 1. The van der Waals surface area contributed by atoms with Crippen molar-refractivity contribution in [3.8, 4) is 5.75 Å². The molecule has 6 nitrogen and oxygen atoms in total. The number of hydrogen-bond acceptors (Lipinski definition) is 4. The summed E-state index contributed by atoms with van der Waals surface area (Å²) in [6.45, 7) is 3.95. The van der Waals surface area contributed by atoms with Gasteiger partial charge in [0, 0.05) is 11.8 Å². The highest BCUT2D eigenvalue weighted by Gasteiger charge is 2.04. The average Bonchev–Trinajstić information content (AvgIpc) is 2.39. The zero-order valence-corrected chi connectivity index (χ0v) is 11.9. The Kier molecular flexibility index (Phi) is 5.87. The van der Waals surface area contributed by atoms with Crippen molar-refractivity contribution in [2.24, 2.45) is 0 Å². The van der Waals surface area contributed by atoms with Gasteiger partial charge in [0.15, 0.2) is 5.11 Å². The minimum Gasteiger partial charge on any atom is -0.497 e. The fourth-order valence-electron chi connectivity index (χ4n) is 1.29. The van der Waals surface area contributed by atoms with Gasteiger partial charge in [0.05, 0.1) is 13.7 Å². The lowest BCUT2D eigenvalue weighted by molar-refractivity contribution is 0.150. The number of carbonyl (C=O) groups is 1. The summed E-state index contributed by atoms with van der Waals surface area (Å²) in [5.74, 6) is 0.717. The Morgan fingerprint density at radius 2 is 2.11 bits per heavy atom. The van der Waals surface area contributed by atoms with Gasteiger partial charge in [-0.25, -0.2) is 10.2 Å². The van der Waals surface area contributed by atoms with Gasteiger partial charge in [-0.2, -0.15) is 0 Å². The summed E-state index contributed by atoms with van der Waals surface area (Å²) < 4.78 is 9.81. The van der Waals surface area contributed by atoms with Crippen molar-refractivity contribution in [3.05, 3.63) is 23.8 Å². The maximum atomic E-state index is 11.1. The van der Waals surface area contributed by atoms with Crippen LogP contribution in [-0.4, -0.2) is 24.9 Å². The predicted octanol–water partition coefficient (Wildman–Crippen LogP) is 1.95. The monoisotopic (exact) mass is 283 g/mol.